The summed E-state index contributed by atoms with van der Waals surface area (Å²) in [6.07, 6.45) is 3.53. The maximum absolute atomic E-state index is 11.7. The van der Waals surface area contributed by atoms with Crippen LogP contribution in [0.4, 0.5) is 0 Å². The van der Waals surface area contributed by atoms with Gasteiger partial charge in [0, 0.05) is 12.3 Å². The monoisotopic (exact) mass is 284 g/mol. The van der Waals surface area contributed by atoms with Gasteiger partial charge in [-0.2, -0.15) is 4.98 Å². The van der Waals surface area contributed by atoms with Crippen LogP contribution in [0, 0.1) is 0 Å². The molecule has 2 unspecified atom stereocenters. The van der Waals surface area contributed by atoms with Gasteiger partial charge in [0.25, 0.3) is 0 Å². The van der Waals surface area contributed by atoms with E-state index >= 15 is 0 Å². The molecule has 1 aliphatic rings. The van der Waals surface area contributed by atoms with E-state index < -0.39 is 0 Å². The fourth-order valence-electron chi connectivity index (χ4n) is 2.95. The minimum Gasteiger partial charge on any atom is -0.339 e. The highest BCUT2D eigenvalue weighted by Crippen LogP contribution is 2.31. The number of benzene rings is 1. The van der Waals surface area contributed by atoms with E-state index in [9.17, 15) is 4.79 Å². The Labute approximate surface area is 124 Å². The van der Waals surface area contributed by atoms with Gasteiger partial charge in [0.15, 0.2) is 5.82 Å². The first kappa shape index (κ1) is 14.0. The van der Waals surface area contributed by atoms with Gasteiger partial charge in [0.1, 0.15) is 5.78 Å². The summed E-state index contributed by atoms with van der Waals surface area (Å²) in [7, 11) is 0. The Morgan fingerprint density at radius 1 is 1.38 bits per heavy atom. The molecule has 1 aromatic carbocycles. The molecule has 0 spiro atoms. The number of aromatic nitrogens is 2. The van der Waals surface area contributed by atoms with Crippen LogP contribution in [-0.2, 0) is 17.6 Å². The topological polar surface area (TPSA) is 56.0 Å². The Morgan fingerprint density at radius 3 is 2.90 bits per heavy atom. The van der Waals surface area contributed by atoms with Crippen molar-refractivity contribution >= 4 is 5.78 Å². The summed E-state index contributed by atoms with van der Waals surface area (Å²) in [6.45, 7) is 3.69. The highest BCUT2D eigenvalue weighted by Gasteiger charge is 2.26. The van der Waals surface area contributed by atoms with Crippen molar-refractivity contribution in [3.05, 3.63) is 47.1 Å². The summed E-state index contributed by atoms with van der Waals surface area (Å²) in [4.78, 5) is 16.2. The minimum absolute atomic E-state index is 0.138. The van der Waals surface area contributed by atoms with Crippen LogP contribution in [0.2, 0.25) is 0 Å². The Kier molecular flexibility index (Phi) is 3.86. The van der Waals surface area contributed by atoms with Crippen molar-refractivity contribution in [1.82, 2.24) is 10.1 Å². The third kappa shape index (κ3) is 2.75. The van der Waals surface area contributed by atoms with E-state index in [1.807, 2.05) is 13.8 Å². The van der Waals surface area contributed by atoms with E-state index in [1.165, 1.54) is 11.1 Å². The third-order valence-electron chi connectivity index (χ3n) is 4.37. The van der Waals surface area contributed by atoms with Crippen molar-refractivity contribution in [1.29, 1.82) is 0 Å². The first-order chi connectivity index (χ1) is 10.2. The van der Waals surface area contributed by atoms with E-state index in [1.54, 1.807) is 0 Å². The molecule has 0 amide bonds. The zero-order valence-corrected chi connectivity index (χ0v) is 12.5. The summed E-state index contributed by atoms with van der Waals surface area (Å²) in [5.41, 5.74) is 2.80. The number of nitrogens with zero attached hydrogens (tertiary/aromatic N) is 2. The molecule has 0 saturated heterocycles. The van der Waals surface area contributed by atoms with Crippen LogP contribution in [0.3, 0.4) is 0 Å². The molecule has 1 aromatic heterocycles. The maximum atomic E-state index is 11.7. The predicted octanol–water partition coefficient (Wildman–Crippen LogP) is 3.42. The van der Waals surface area contributed by atoms with Crippen molar-refractivity contribution in [2.75, 3.05) is 0 Å². The highest BCUT2D eigenvalue weighted by atomic mass is 16.5. The number of rotatable bonds is 4. The van der Waals surface area contributed by atoms with Crippen LogP contribution in [-0.4, -0.2) is 15.9 Å². The Balaban J connectivity index is 1.77. The highest BCUT2D eigenvalue weighted by molar-refractivity contribution is 5.83. The predicted molar refractivity (Wildman–Crippen MR) is 79.2 cm³/mol. The Morgan fingerprint density at radius 2 is 2.14 bits per heavy atom. The third-order valence-corrected chi connectivity index (χ3v) is 4.37. The number of ketones is 1. The maximum Gasteiger partial charge on any atom is 0.236 e. The summed E-state index contributed by atoms with van der Waals surface area (Å²) < 4.78 is 5.31. The van der Waals surface area contributed by atoms with Crippen LogP contribution in [0.1, 0.15) is 61.4 Å². The van der Waals surface area contributed by atoms with Gasteiger partial charge in [-0.1, -0.05) is 36.3 Å². The summed E-state index contributed by atoms with van der Waals surface area (Å²) >= 11 is 0. The number of Topliss-reactive ketones (excluding diaryl/α,β-unsaturated/α-hetero) is 1. The lowest BCUT2D eigenvalue weighted by Crippen LogP contribution is -2.14. The van der Waals surface area contributed by atoms with Crippen LogP contribution < -0.4 is 0 Å². The van der Waals surface area contributed by atoms with Crippen molar-refractivity contribution in [2.45, 2.75) is 51.4 Å². The molecule has 21 heavy (non-hydrogen) atoms. The molecule has 2 atom stereocenters. The van der Waals surface area contributed by atoms with E-state index in [2.05, 4.69) is 34.4 Å². The standard InChI is InChI=1S/C17H20N2O2/c1-3-15(20)11(2)17-18-16(19-21-17)14-9-8-12-6-4-5-7-13(12)10-14/h4-7,11,14H,3,8-10H2,1-2H3. The van der Waals surface area contributed by atoms with Crippen LogP contribution in [0.15, 0.2) is 28.8 Å². The number of carbonyl (C=O) groups excluding carboxylic acids is 1. The molecule has 0 aliphatic heterocycles. The van der Waals surface area contributed by atoms with Gasteiger partial charge >= 0.3 is 0 Å². The number of fused-ring (bicyclic) bond motifs is 1. The second-order valence-corrected chi connectivity index (χ2v) is 5.74. The van der Waals surface area contributed by atoms with Crippen LogP contribution >= 0.6 is 0 Å². The van der Waals surface area contributed by atoms with Crippen molar-refractivity contribution in [3.8, 4) is 0 Å². The summed E-state index contributed by atoms with van der Waals surface area (Å²) in [5, 5.41) is 4.11. The first-order valence-electron chi connectivity index (χ1n) is 7.62. The molecular formula is C17H20N2O2. The molecular weight excluding hydrogens is 264 g/mol. The lowest BCUT2D eigenvalue weighted by molar-refractivity contribution is -0.120. The molecule has 2 aromatic rings. The molecule has 0 radical (unpaired) electrons. The SMILES string of the molecule is CCC(=O)C(C)c1nc(C2CCc3ccccc3C2)no1. The number of hydrogen-bond donors (Lipinski definition) is 0. The van der Waals surface area contributed by atoms with Gasteiger partial charge in [0.2, 0.25) is 5.89 Å². The van der Waals surface area contributed by atoms with Gasteiger partial charge in [-0.25, -0.2) is 0 Å². The summed E-state index contributed by atoms with van der Waals surface area (Å²) in [6, 6.07) is 8.52. The lowest BCUT2D eigenvalue weighted by Gasteiger charge is -2.21. The average molecular weight is 284 g/mol. The fourth-order valence-corrected chi connectivity index (χ4v) is 2.95. The van der Waals surface area contributed by atoms with Gasteiger partial charge in [0.05, 0.1) is 5.92 Å². The summed E-state index contributed by atoms with van der Waals surface area (Å²) in [5.74, 6) is 1.33. The lowest BCUT2D eigenvalue weighted by atomic mass is 9.83. The number of aryl methyl sites for hydroxylation is 1. The van der Waals surface area contributed by atoms with Gasteiger partial charge in [-0.15, -0.1) is 0 Å². The second-order valence-electron chi connectivity index (χ2n) is 5.74. The second kappa shape index (κ2) is 5.80. The van der Waals surface area contributed by atoms with E-state index in [-0.39, 0.29) is 11.7 Å². The molecule has 0 N–H and O–H groups in total. The van der Waals surface area contributed by atoms with E-state index in [0.717, 1.165) is 25.1 Å². The smallest absolute Gasteiger partial charge is 0.236 e. The van der Waals surface area contributed by atoms with Crippen LogP contribution in [0.5, 0.6) is 0 Å². The molecule has 0 bridgehead atoms. The van der Waals surface area contributed by atoms with E-state index in [0.29, 0.717) is 18.2 Å². The zero-order chi connectivity index (χ0) is 14.8. The quantitative estimate of drug-likeness (QED) is 0.863. The number of hydrogen-bond acceptors (Lipinski definition) is 4. The Bertz CT molecular complexity index is 648. The Hall–Kier alpha value is -1.97. The normalized spacial score (nSPS) is 19.0. The minimum atomic E-state index is -0.299. The molecule has 4 nitrogen and oxygen atoms in total. The van der Waals surface area contributed by atoms with Gasteiger partial charge in [-0.05, 0) is 37.3 Å². The van der Waals surface area contributed by atoms with Gasteiger partial charge < -0.3 is 4.52 Å². The van der Waals surface area contributed by atoms with Crippen molar-refractivity contribution in [3.63, 3.8) is 0 Å². The van der Waals surface area contributed by atoms with Crippen LogP contribution in [0.25, 0.3) is 0 Å². The molecule has 0 fully saturated rings. The van der Waals surface area contributed by atoms with Crippen molar-refractivity contribution < 1.29 is 9.32 Å². The molecule has 4 heteroatoms. The fraction of sp³-hybridized carbons (Fsp3) is 0.471. The van der Waals surface area contributed by atoms with Crippen molar-refractivity contribution in [2.24, 2.45) is 0 Å². The molecule has 110 valence electrons. The van der Waals surface area contributed by atoms with E-state index in [4.69, 9.17) is 4.52 Å². The molecule has 1 aliphatic carbocycles. The number of carbonyl (C=O) groups is 1. The average Bonchev–Trinajstić information content (AvgIpc) is 3.02. The largest absolute Gasteiger partial charge is 0.339 e. The first-order valence-corrected chi connectivity index (χ1v) is 7.62. The molecule has 1 heterocycles. The zero-order valence-electron chi connectivity index (χ0n) is 12.5. The molecule has 3 rings (SSSR count). The van der Waals surface area contributed by atoms with Gasteiger partial charge in [-0.3, -0.25) is 4.79 Å². The molecule has 0 saturated carbocycles.